The number of non-ortho nitro benzene ring substituents is 1. The number of unbranched alkanes of at least 4 members (excludes halogenated alkanes) is 3. The van der Waals surface area contributed by atoms with Crippen LogP contribution in [0, 0.1) is 10.1 Å². The molecule has 0 heterocycles. The molecule has 5 nitrogen and oxygen atoms in total. The van der Waals surface area contributed by atoms with E-state index in [1.54, 1.807) is 12.1 Å². The molecule has 0 aliphatic heterocycles. The van der Waals surface area contributed by atoms with Crippen molar-refractivity contribution in [1.29, 1.82) is 0 Å². The zero-order valence-corrected chi connectivity index (χ0v) is 12.4. The van der Waals surface area contributed by atoms with E-state index in [1.807, 2.05) is 6.07 Å². The molecule has 0 aliphatic rings. The molecule has 0 fully saturated rings. The number of benzene rings is 1. The second kappa shape index (κ2) is 9.18. The van der Waals surface area contributed by atoms with Gasteiger partial charge in [-0.05, 0) is 18.9 Å². The fourth-order valence-electron chi connectivity index (χ4n) is 1.97. The zero-order valence-electron chi connectivity index (χ0n) is 12.4. The molecule has 1 rings (SSSR count). The van der Waals surface area contributed by atoms with E-state index in [9.17, 15) is 10.1 Å². The van der Waals surface area contributed by atoms with Crippen LogP contribution in [0.1, 0.15) is 46.0 Å². The van der Waals surface area contributed by atoms with Gasteiger partial charge in [-0.2, -0.15) is 0 Å². The Labute approximate surface area is 120 Å². The number of hydrogen-bond donors (Lipinski definition) is 2. The molecule has 0 aliphatic carbocycles. The first-order chi connectivity index (χ1) is 9.67. The maximum absolute atomic E-state index is 10.9. The SMILES string of the molecule is CCCCCCNc1cc(NCCC)cc([N+](=O)[O-])c1. The fourth-order valence-corrected chi connectivity index (χ4v) is 1.97. The Balaban J connectivity index is 2.63. The van der Waals surface area contributed by atoms with Crippen LogP contribution in [0.2, 0.25) is 0 Å². The van der Waals surface area contributed by atoms with Crippen LogP contribution < -0.4 is 10.6 Å². The first-order valence-electron chi connectivity index (χ1n) is 7.44. The lowest BCUT2D eigenvalue weighted by molar-refractivity contribution is -0.384. The van der Waals surface area contributed by atoms with Gasteiger partial charge in [0.2, 0.25) is 0 Å². The van der Waals surface area contributed by atoms with E-state index in [4.69, 9.17) is 0 Å². The summed E-state index contributed by atoms with van der Waals surface area (Å²) in [4.78, 5) is 10.6. The number of nitrogens with one attached hydrogen (secondary N) is 2. The molecule has 0 saturated carbocycles. The highest BCUT2D eigenvalue weighted by atomic mass is 16.6. The number of anilines is 2. The van der Waals surface area contributed by atoms with Gasteiger partial charge in [-0.15, -0.1) is 0 Å². The highest BCUT2D eigenvalue weighted by Crippen LogP contribution is 2.24. The van der Waals surface area contributed by atoms with Gasteiger partial charge >= 0.3 is 0 Å². The van der Waals surface area contributed by atoms with Crippen LogP contribution in [0.25, 0.3) is 0 Å². The van der Waals surface area contributed by atoms with Crippen LogP contribution in [0.15, 0.2) is 18.2 Å². The van der Waals surface area contributed by atoms with Gasteiger partial charge in [0.05, 0.1) is 4.92 Å². The van der Waals surface area contributed by atoms with Crippen molar-refractivity contribution in [2.75, 3.05) is 23.7 Å². The Kier molecular flexibility index (Phi) is 7.47. The zero-order chi connectivity index (χ0) is 14.8. The average Bonchev–Trinajstić information content (AvgIpc) is 2.44. The molecule has 1 aromatic carbocycles. The monoisotopic (exact) mass is 279 g/mol. The molecular weight excluding hydrogens is 254 g/mol. The largest absolute Gasteiger partial charge is 0.385 e. The van der Waals surface area contributed by atoms with Gasteiger partial charge < -0.3 is 10.6 Å². The highest BCUT2D eigenvalue weighted by Gasteiger charge is 2.09. The summed E-state index contributed by atoms with van der Waals surface area (Å²) in [5.41, 5.74) is 1.74. The second-order valence-electron chi connectivity index (χ2n) is 4.94. The molecular formula is C15H25N3O2. The van der Waals surface area contributed by atoms with E-state index in [0.717, 1.165) is 37.3 Å². The summed E-state index contributed by atoms with van der Waals surface area (Å²) in [7, 11) is 0. The van der Waals surface area contributed by atoms with E-state index in [0.29, 0.717) is 0 Å². The minimum absolute atomic E-state index is 0.127. The van der Waals surface area contributed by atoms with Crippen molar-refractivity contribution in [3.8, 4) is 0 Å². The summed E-state index contributed by atoms with van der Waals surface area (Å²) in [6.45, 7) is 5.92. The Bertz CT molecular complexity index is 422. The summed E-state index contributed by atoms with van der Waals surface area (Å²) < 4.78 is 0. The number of rotatable bonds is 10. The lowest BCUT2D eigenvalue weighted by Gasteiger charge is -2.10. The molecule has 2 N–H and O–H groups in total. The van der Waals surface area contributed by atoms with Crippen LogP contribution in [0.4, 0.5) is 17.1 Å². The average molecular weight is 279 g/mol. The highest BCUT2D eigenvalue weighted by molar-refractivity contribution is 5.63. The third kappa shape index (κ3) is 5.91. The van der Waals surface area contributed by atoms with Crippen molar-refractivity contribution in [3.05, 3.63) is 28.3 Å². The summed E-state index contributed by atoms with van der Waals surface area (Å²) in [6.07, 6.45) is 5.72. The van der Waals surface area contributed by atoms with Crippen LogP contribution >= 0.6 is 0 Å². The minimum atomic E-state index is -0.348. The third-order valence-corrected chi connectivity index (χ3v) is 3.07. The Morgan fingerprint density at radius 2 is 1.60 bits per heavy atom. The van der Waals surface area contributed by atoms with E-state index < -0.39 is 0 Å². The van der Waals surface area contributed by atoms with E-state index in [1.165, 1.54) is 19.3 Å². The maximum Gasteiger partial charge on any atom is 0.273 e. The van der Waals surface area contributed by atoms with Crippen LogP contribution in [-0.2, 0) is 0 Å². The van der Waals surface area contributed by atoms with Gasteiger partial charge in [0, 0.05) is 36.6 Å². The first kappa shape index (κ1) is 16.3. The Morgan fingerprint density at radius 3 is 2.15 bits per heavy atom. The standard InChI is InChI=1S/C15H25N3O2/c1-3-5-6-7-9-17-14-10-13(16-8-4-2)11-15(12-14)18(19)20/h10-12,16-17H,3-9H2,1-2H3. The van der Waals surface area contributed by atoms with Gasteiger partial charge in [0.25, 0.3) is 5.69 Å². The topological polar surface area (TPSA) is 67.2 Å². The molecule has 0 amide bonds. The molecule has 0 atom stereocenters. The van der Waals surface area contributed by atoms with Crippen molar-refractivity contribution in [2.24, 2.45) is 0 Å². The minimum Gasteiger partial charge on any atom is -0.385 e. The van der Waals surface area contributed by atoms with Gasteiger partial charge in [0.1, 0.15) is 0 Å². The summed E-state index contributed by atoms with van der Waals surface area (Å²) in [6, 6.07) is 5.11. The van der Waals surface area contributed by atoms with Gasteiger partial charge in [-0.1, -0.05) is 33.1 Å². The number of nitro groups is 1. The van der Waals surface area contributed by atoms with Crippen molar-refractivity contribution in [1.82, 2.24) is 0 Å². The van der Waals surface area contributed by atoms with Gasteiger partial charge in [-0.3, -0.25) is 10.1 Å². The Hall–Kier alpha value is -1.78. The predicted octanol–water partition coefficient (Wildman–Crippen LogP) is 4.41. The molecule has 0 aromatic heterocycles. The normalized spacial score (nSPS) is 10.3. The molecule has 0 saturated heterocycles. The van der Waals surface area contributed by atoms with E-state index >= 15 is 0 Å². The van der Waals surface area contributed by atoms with Crippen molar-refractivity contribution >= 4 is 17.1 Å². The number of hydrogen-bond acceptors (Lipinski definition) is 4. The molecule has 0 bridgehead atoms. The Morgan fingerprint density at radius 1 is 0.950 bits per heavy atom. The number of nitrogens with zero attached hydrogens (tertiary/aromatic N) is 1. The fraction of sp³-hybridized carbons (Fsp3) is 0.600. The summed E-state index contributed by atoms with van der Waals surface area (Å²) in [5, 5.41) is 17.4. The smallest absolute Gasteiger partial charge is 0.273 e. The molecule has 20 heavy (non-hydrogen) atoms. The molecule has 1 aromatic rings. The van der Waals surface area contributed by atoms with Crippen molar-refractivity contribution in [2.45, 2.75) is 46.0 Å². The lowest BCUT2D eigenvalue weighted by Crippen LogP contribution is -2.05. The quantitative estimate of drug-likeness (QED) is 0.378. The lowest BCUT2D eigenvalue weighted by atomic mass is 10.2. The van der Waals surface area contributed by atoms with Crippen LogP contribution in [-0.4, -0.2) is 18.0 Å². The van der Waals surface area contributed by atoms with E-state index in [-0.39, 0.29) is 10.6 Å². The molecule has 0 unspecified atom stereocenters. The second-order valence-corrected chi connectivity index (χ2v) is 4.94. The molecule has 0 radical (unpaired) electrons. The number of nitro benzene ring substituents is 1. The van der Waals surface area contributed by atoms with Gasteiger partial charge in [0.15, 0.2) is 0 Å². The third-order valence-electron chi connectivity index (χ3n) is 3.07. The van der Waals surface area contributed by atoms with Crippen LogP contribution in [0.3, 0.4) is 0 Å². The summed E-state index contributed by atoms with van der Waals surface area (Å²) >= 11 is 0. The summed E-state index contributed by atoms with van der Waals surface area (Å²) in [5.74, 6) is 0. The molecule has 5 heteroatoms. The predicted molar refractivity (Wildman–Crippen MR) is 84.5 cm³/mol. The van der Waals surface area contributed by atoms with Crippen molar-refractivity contribution < 1.29 is 4.92 Å². The van der Waals surface area contributed by atoms with Crippen LogP contribution in [0.5, 0.6) is 0 Å². The van der Waals surface area contributed by atoms with E-state index in [2.05, 4.69) is 24.5 Å². The van der Waals surface area contributed by atoms with Crippen molar-refractivity contribution in [3.63, 3.8) is 0 Å². The van der Waals surface area contributed by atoms with Gasteiger partial charge in [-0.25, -0.2) is 0 Å². The molecule has 112 valence electrons. The maximum atomic E-state index is 10.9. The molecule has 0 spiro atoms. The first-order valence-corrected chi connectivity index (χ1v) is 7.44.